The molecule has 4 heterocycles. The molecule has 3 fully saturated rings. The van der Waals surface area contributed by atoms with Crippen LogP contribution in [0.1, 0.15) is 55.3 Å². The van der Waals surface area contributed by atoms with E-state index in [0.29, 0.717) is 11.6 Å². The smallest absolute Gasteiger partial charge is 0.255 e. The van der Waals surface area contributed by atoms with Crippen LogP contribution in [-0.4, -0.2) is 69.9 Å². The van der Waals surface area contributed by atoms with Gasteiger partial charge in [-0.3, -0.25) is 9.69 Å². The van der Waals surface area contributed by atoms with E-state index in [9.17, 15) is 9.90 Å². The summed E-state index contributed by atoms with van der Waals surface area (Å²) in [6, 6.07) is 4.97. The van der Waals surface area contributed by atoms with Crippen molar-refractivity contribution in [1.82, 2.24) is 19.8 Å². The Kier molecular flexibility index (Phi) is 5.18. The molecule has 0 spiro atoms. The van der Waals surface area contributed by atoms with Crippen LogP contribution in [0.15, 0.2) is 24.5 Å². The Balaban J connectivity index is 1.23. The molecule has 1 amide bonds. The van der Waals surface area contributed by atoms with Crippen LogP contribution in [0, 0.1) is 0 Å². The van der Waals surface area contributed by atoms with Gasteiger partial charge in [0.25, 0.3) is 5.91 Å². The summed E-state index contributed by atoms with van der Waals surface area (Å²) >= 11 is 0. The highest BCUT2D eigenvalue weighted by molar-refractivity contribution is 6.01. The molecule has 0 radical (unpaired) electrons. The number of nitrogens with one attached hydrogen (secondary N) is 1. The summed E-state index contributed by atoms with van der Waals surface area (Å²) in [6.07, 6.45) is 11.0. The Labute approximate surface area is 171 Å². The number of nitrogens with zero attached hydrogens (tertiary/aromatic N) is 4. The molecule has 1 unspecified atom stereocenters. The molecule has 1 aliphatic carbocycles. The minimum atomic E-state index is -0.159. The molecule has 7 nitrogen and oxygen atoms in total. The predicted molar refractivity (Wildman–Crippen MR) is 112 cm³/mol. The van der Waals surface area contributed by atoms with Gasteiger partial charge in [-0.2, -0.15) is 5.10 Å². The van der Waals surface area contributed by atoms with E-state index in [0.717, 1.165) is 63.8 Å². The number of aliphatic hydroxyl groups excluding tert-OH is 1. The van der Waals surface area contributed by atoms with Crippen molar-refractivity contribution >= 4 is 17.1 Å². The number of β-amino-alcohol motifs (C(OH)–C–C–N with tert-alkyl or cyclic N) is 1. The Morgan fingerprint density at radius 3 is 2.62 bits per heavy atom. The van der Waals surface area contributed by atoms with Crippen molar-refractivity contribution in [3.05, 3.63) is 30.1 Å². The molecule has 5 rings (SSSR count). The van der Waals surface area contributed by atoms with Gasteiger partial charge in [-0.15, -0.1) is 0 Å². The second kappa shape index (κ2) is 7.95. The topological polar surface area (TPSA) is 73.1 Å². The highest BCUT2D eigenvalue weighted by atomic mass is 16.3. The normalized spacial score (nSPS) is 28.3. The average Bonchev–Trinajstić information content (AvgIpc) is 3.48. The lowest BCUT2D eigenvalue weighted by atomic mass is 9.90. The van der Waals surface area contributed by atoms with E-state index in [-0.39, 0.29) is 18.1 Å². The highest BCUT2D eigenvalue weighted by Gasteiger charge is 2.31. The van der Waals surface area contributed by atoms with Crippen LogP contribution in [0.2, 0.25) is 0 Å². The van der Waals surface area contributed by atoms with Crippen molar-refractivity contribution in [2.45, 2.75) is 63.1 Å². The molecule has 7 heteroatoms. The van der Waals surface area contributed by atoms with E-state index >= 15 is 0 Å². The van der Waals surface area contributed by atoms with Crippen molar-refractivity contribution in [2.24, 2.45) is 0 Å². The summed E-state index contributed by atoms with van der Waals surface area (Å²) in [5.41, 5.74) is 2.72. The lowest BCUT2D eigenvalue weighted by Gasteiger charge is -2.34. The van der Waals surface area contributed by atoms with Crippen LogP contribution in [0.3, 0.4) is 0 Å². The first kappa shape index (κ1) is 18.9. The van der Waals surface area contributed by atoms with Gasteiger partial charge in [-0.1, -0.05) is 0 Å². The summed E-state index contributed by atoms with van der Waals surface area (Å²) in [4.78, 5) is 17.8. The van der Waals surface area contributed by atoms with E-state index < -0.39 is 0 Å². The molecular weight excluding hydrogens is 366 g/mol. The highest BCUT2D eigenvalue weighted by Crippen LogP contribution is 2.27. The van der Waals surface area contributed by atoms with Crippen LogP contribution < -0.4 is 10.2 Å². The Hall–Kier alpha value is -2.12. The Morgan fingerprint density at radius 1 is 1.10 bits per heavy atom. The van der Waals surface area contributed by atoms with Crippen LogP contribution in [0.4, 0.5) is 5.69 Å². The molecule has 2 aromatic rings. The lowest BCUT2D eigenvalue weighted by molar-refractivity contribution is 0.0907. The zero-order valence-corrected chi connectivity index (χ0v) is 17.0. The molecule has 1 saturated carbocycles. The van der Waals surface area contributed by atoms with Crippen LogP contribution >= 0.6 is 0 Å². The number of aromatic nitrogens is 2. The lowest BCUT2D eigenvalue weighted by Crippen LogP contribution is -2.43. The molecule has 1 atom stereocenters. The second-order valence-corrected chi connectivity index (χ2v) is 8.88. The standard InChI is InChI=1S/C22H31N5O2/c28-19-8-11-26(15-19)17-5-3-16(4-6-17)24-22(29)20-14-23-27-12-7-18(13-21(20)27)25-9-1-2-10-25/h7,12-14,16-17,19,28H,1-6,8-11,15H2,(H,24,29). The van der Waals surface area contributed by atoms with Gasteiger partial charge in [0.15, 0.2) is 0 Å². The van der Waals surface area contributed by atoms with Gasteiger partial charge in [0, 0.05) is 50.1 Å². The van der Waals surface area contributed by atoms with E-state index in [4.69, 9.17) is 0 Å². The Morgan fingerprint density at radius 2 is 1.90 bits per heavy atom. The van der Waals surface area contributed by atoms with Gasteiger partial charge in [0.05, 0.1) is 23.4 Å². The first-order chi connectivity index (χ1) is 14.2. The zero-order chi connectivity index (χ0) is 19.8. The zero-order valence-electron chi connectivity index (χ0n) is 17.0. The number of anilines is 1. The number of hydrogen-bond donors (Lipinski definition) is 2. The first-order valence-electron chi connectivity index (χ1n) is 11.1. The van der Waals surface area contributed by atoms with Gasteiger partial charge in [0.1, 0.15) is 0 Å². The number of amides is 1. The molecular formula is C22H31N5O2. The fourth-order valence-electron chi connectivity index (χ4n) is 5.26. The van der Waals surface area contributed by atoms with E-state index in [1.54, 1.807) is 10.7 Å². The second-order valence-electron chi connectivity index (χ2n) is 8.88. The molecule has 29 heavy (non-hydrogen) atoms. The largest absolute Gasteiger partial charge is 0.392 e. The Bertz CT molecular complexity index is 867. The van der Waals surface area contributed by atoms with Crippen molar-refractivity contribution in [3.63, 3.8) is 0 Å². The summed E-state index contributed by atoms with van der Waals surface area (Å²) in [6.45, 7) is 3.99. The molecule has 0 aromatic carbocycles. The maximum atomic E-state index is 13.0. The quantitative estimate of drug-likeness (QED) is 0.826. The van der Waals surface area contributed by atoms with Crippen LogP contribution in [-0.2, 0) is 0 Å². The summed E-state index contributed by atoms with van der Waals surface area (Å²) in [7, 11) is 0. The minimum Gasteiger partial charge on any atom is -0.392 e. The molecule has 3 aliphatic rings. The van der Waals surface area contributed by atoms with Crippen molar-refractivity contribution in [2.75, 3.05) is 31.1 Å². The van der Waals surface area contributed by atoms with Gasteiger partial charge in [0.2, 0.25) is 0 Å². The molecule has 2 aromatic heterocycles. The molecule has 2 N–H and O–H groups in total. The third-order valence-electron chi connectivity index (χ3n) is 6.96. The van der Waals surface area contributed by atoms with Crippen LogP contribution in [0.5, 0.6) is 0 Å². The van der Waals surface area contributed by atoms with Gasteiger partial charge >= 0.3 is 0 Å². The summed E-state index contributed by atoms with van der Waals surface area (Å²) in [5, 5.41) is 17.4. The van der Waals surface area contributed by atoms with Crippen molar-refractivity contribution < 1.29 is 9.90 Å². The summed E-state index contributed by atoms with van der Waals surface area (Å²) < 4.78 is 1.80. The third-order valence-corrected chi connectivity index (χ3v) is 6.96. The molecule has 2 saturated heterocycles. The number of fused-ring (bicyclic) bond motifs is 1. The fourth-order valence-corrected chi connectivity index (χ4v) is 5.26. The van der Waals surface area contributed by atoms with Gasteiger partial charge in [-0.25, -0.2) is 4.52 Å². The fraction of sp³-hybridized carbons (Fsp3) is 0.636. The maximum Gasteiger partial charge on any atom is 0.255 e. The molecule has 156 valence electrons. The van der Waals surface area contributed by atoms with E-state index in [1.807, 2.05) is 6.20 Å². The van der Waals surface area contributed by atoms with Crippen molar-refractivity contribution in [3.8, 4) is 0 Å². The number of hydrogen-bond acceptors (Lipinski definition) is 5. The number of carbonyl (C=O) groups is 1. The first-order valence-corrected chi connectivity index (χ1v) is 11.1. The monoisotopic (exact) mass is 397 g/mol. The van der Waals surface area contributed by atoms with Crippen molar-refractivity contribution in [1.29, 1.82) is 0 Å². The average molecular weight is 398 g/mol. The maximum absolute atomic E-state index is 13.0. The predicted octanol–water partition coefficient (Wildman–Crippen LogP) is 2.04. The summed E-state index contributed by atoms with van der Waals surface area (Å²) in [5.74, 6) is -0.0152. The SMILES string of the molecule is O=C(NC1CCC(N2CCC(O)C2)CC1)c1cnn2ccc(N3CCCC3)cc12. The number of likely N-dealkylation sites (tertiary alicyclic amines) is 1. The van der Waals surface area contributed by atoms with Gasteiger partial charge in [-0.05, 0) is 57.1 Å². The molecule has 0 bridgehead atoms. The molecule has 2 aliphatic heterocycles. The van der Waals surface area contributed by atoms with E-state index in [1.165, 1.54) is 18.5 Å². The number of pyridine rings is 1. The van der Waals surface area contributed by atoms with E-state index in [2.05, 4.69) is 32.3 Å². The minimum absolute atomic E-state index is 0.0152. The third kappa shape index (κ3) is 3.85. The number of rotatable bonds is 4. The number of carbonyl (C=O) groups excluding carboxylic acids is 1. The van der Waals surface area contributed by atoms with Gasteiger partial charge < -0.3 is 15.3 Å². The van der Waals surface area contributed by atoms with Crippen LogP contribution in [0.25, 0.3) is 5.52 Å². The number of aliphatic hydroxyl groups is 1.